The molecule has 9 heteroatoms. The first-order valence-corrected chi connectivity index (χ1v) is 9.68. The number of fused-ring (bicyclic) bond motifs is 3. The van der Waals surface area contributed by atoms with Crippen LogP contribution in [0, 0.1) is 5.92 Å². The zero-order valence-electron chi connectivity index (χ0n) is 16.8. The highest BCUT2D eigenvalue weighted by atomic mass is 19.4. The zero-order chi connectivity index (χ0) is 22.3. The maximum Gasteiger partial charge on any atom is 0.406 e. The molecule has 0 radical (unpaired) electrons. The van der Waals surface area contributed by atoms with Gasteiger partial charge in [-0.05, 0) is 17.7 Å². The Morgan fingerprint density at radius 3 is 2.65 bits per heavy atom. The van der Waals surface area contributed by atoms with Gasteiger partial charge in [0.15, 0.2) is 0 Å². The minimum absolute atomic E-state index is 0.120. The lowest BCUT2D eigenvalue weighted by molar-refractivity contribution is -0.130. The van der Waals surface area contributed by atoms with Crippen molar-refractivity contribution in [3.63, 3.8) is 0 Å². The number of amides is 2. The van der Waals surface area contributed by atoms with Crippen molar-refractivity contribution in [2.45, 2.75) is 26.1 Å². The first-order valence-electron chi connectivity index (χ1n) is 9.68. The molecule has 0 spiro atoms. The van der Waals surface area contributed by atoms with E-state index in [-0.39, 0.29) is 23.1 Å². The lowest BCUT2D eigenvalue weighted by atomic mass is 9.90. The number of para-hydroxylation sites is 1. The van der Waals surface area contributed by atoms with Crippen LogP contribution in [0.3, 0.4) is 0 Å². The molecule has 1 N–H and O–H groups in total. The van der Waals surface area contributed by atoms with Gasteiger partial charge >= 0.3 is 6.18 Å². The molecule has 0 aliphatic carbocycles. The number of azo groups is 1. The average molecular weight is 428 g/mol. The summed E-state index contributed by atoms with van der Waals surface area (Å²) in [5.74, 6) is -1.19. The van der Waals surface area contributed by atoms with Gasteiger partial charge in [0.1, 0.15) is 12.6 Å². The van der Waals surface area contributed by atoms with E-state index in [0.717, 1.165) is 0 Å². The number of benzene rings is 2. The van der Waals surface area contributed by atoms with Crippen LogP contribution in [-0.2, 0) is 9.59 Å². The first kappa shape index (κ1) is 20.8. The first-order chi connectivity index (χ1) is 14.7. The summed E-state index contributed by atoms with van der Waals surface area (Å²) in [4.78, 5) is 25.7. The van der Waals surface area contributed by atoms with Gasteiger partial charge in [-0.25, -0.2) is 0 Å². The standard InChI is InChI=1S/C22H19F3N4O2/c1-12(2)20(30)27-17-6-4-3-5-14(17)13-7-8-15-18(9-13)29(11-22(23,24)25)21(31)16-10-26-28-19(15)16/h3-10,12,19H,11H2,1-2H3,(H,27,30). The fraction of sp³-hybridized carbons (Fsp3) is 0.273. The highest BCUT2D eigenvalue weighted by Gasteiger charge is 2.43. The van der Waals surface area contributed by atoms with Crippen molar-refractivity contribution in [2.24, 2.45) is 16.1 Å². The smallest absolute Gasteiger partial charge is 0.325 e. The molecule has 0 aromatic heterocycles. The normalized spacial score (nSPS) is 17.5. The van der Waals surface area contributed by atoms with E-state index in [2.05, 4.69) is 15.5 Å². The highest BCUT2D eigenvalue weighted by Crippen LogP contribution is 2.45. The van der Waals surface area contributed by atoms with E-state index < -0.39 is 24.7 Å². The van der Waals surface area contributed by atoms with Crippen molar-refractivity contribution < 1.29 is 22.8 Å². The maximum atomic E-state index is 13.3. The van der Waals surface area contributed by atoms with Crippen LogP contribution in [-0.4, -0.2) is 24.5 Å². The number of carbonyl (C=O) groups is 2. The quantitative estimate of drug-likeness (QED) is 0.723. The molecular formula is C22H19F3N4O2. The van der Waals surface area contributed by atoms with Crippen LogP contribution in [0.15, 0.2) is 64.5 Å². The van der Waals surface area contributed by atoms with Crippen molar-refractivity contribution in [1.82, 2.24) is 0 Å². The third-order valence-corrected chi connectivity index (χ3v) is 5.14. The molecule has 1 unspecified atom stereocenters. The van der Waals surface area contributed by atoms with Crippen molar-refractivity contribution >= 4 is 23.2 Å². The van der Waals surface area contributed by atoms with Crippen LogP contribution in [0.25, 0.3) is 11.1 Å². The van der Waals surface area contributed by atoms with E-state index in [0.29, 0.717) is 27.3 Å². The number of rotatable bonds is 4. The molecule has 0 saturated carbocycles. The summed E-state index contributed by atoms with van der Waals surface area (Å²) in [5, 5.41) is 10.6. The molecule has 1 atom stereocenters. The van der Waals surface area contributed by atoms with Crippen molar-refractivity contribution in [3.8, 4) is 11.1 Å². The number of alkyl halides is 3. The van der Waals surface area contributed by atoms with Crippen LogP contribution in [0.5, 0.6) is 0 Å². The minimum atomic E-state index is -4.58. The maximum absolute atomic E-state index is 13.3. The fourth-order valence-corrected chi connectivity index (χ4v) is 3.60. The molecule has 2 aliphatic rings. The second-order valence-electron chi connectivity index (χ2n) is 7.69. The Hall–Kier alpha value is -3.49. The molecular weight excluding hydrogens is 409 g/mol. The van der Waals surface area contributed by atoms with Crippen LogP contribution in [0.4, 0.5) is 24.5 Å². The molecule has 4 rings (SSSR count). The zero-order valence-corrected chi connectivity index (χ0v) is 16.8. The third-order valence-electron chi connectivity index (χ3n) is 5.14. The number of carbonyl (C=O) groups excluding carboxylic acids is 2. The number of anilines is 2. The third kappa shape index (κ3) is 3.95. The Morgan fingerprint density at radius 1 is 1.19 bits per heavy atom. The Morgan fingerprint density at radius 2 is 1.94 bits per heavy atom. The molecule has 2 aliphatic heterocycles. The van der Waals surface area contributed by atoms with Gasteiger partial charge in [0, 0.05) is 22.7 Å². The summed E-state index contributed by atoms with van der Waals surface area (Å²) in [5.41, 5.74) is 2.46. The Balaban J connectivity index is 1.81. The predicted octanol–water partition coefficient (Wildman–Crippen LogP) is 5.25. The van der Waals surface area contributed by atoms with Crippen LogP contribution >= 0.6 is 0 Å². The van der Waals surface area contributed by atoms with Gasteiger partial charge in [0.05, 0.1) is 17.5 Å². The molecule has 2 aromatic carbocycles. The van der Waals surface area contributed by atoms with Gasteiger partial charge in [-0.3, -0.25) is 14.5 Å². The van der Waals surface area contributed by atoms with Crippen LogP contribution in [0.2, 0.25) is 0 Å². The molecule has 2 amide bonds. The van der Waals surface area contributed by atoms with Gasteiger partial charge in [-0.1, -0.05) is 44.2 Å². The summed E-state index contributed by atoms with van der Waals surface area (Å²) in [6.45, 7) is 2.11. The van der Waals surface area contributed by atoms with E-state index >= 15 is 0 Å². The van der Waals surface area contributed by atoms with Crippen molar-refractivity contribution in [1.29, 1.82) is 0 Å². The molecule has 0 bridgehead atoms. The SMILES string of the molecule is CC(C)C(=O)Nc1ccccc1-c1ccc2c(c1)N(CC(F)(F)F)C(=O)C1=CN=NC12. The fourth-order valence-electron chi connectivity index (χ4n) is 3.60. The van der Waals surface area contributed by atoms with E-state index in [9.17, 15) is 22.8 Å². The van der Waals surface area contributed by atoms with Crippen molar-refractivity contribution in [2.75, 3.05) is 16.8 Å². The Labute approximate surface area is 176 Å². The van der Waals surface area contributed by atoms with Gasteiger partial charge in [0.25, 0.3) is 5.91 Å². The minimum Gasteiger partial charge on any atom is -0.325 e. The second kappa shape index (κ2) is 7.64. The molecule has 0 fully saturated rings. The Bertz CT molecular complexity index is 1120. The molecule has 2 heterocycles. The molecule has 6 nitrogen and oxygen atoms in total. The number of nitrogens with zero attached hydrogens (tertiary/aromatic N) is 3. The molecule has 31 heavy (non-hydrogen) atoms. The summed E-state index contributed by atoms with van der Waals surface area (Å²) in [6, 6.07) is 11.2. The van der Waals surface area contributed by atoms with Gasteiger partial charge in [0.2, 0.25) is 5.91 Å². The average Bonchev–Trinajstić information content (AvgIpc) is 3.20. The van der Waals surface area contributed by atoms with E-state index in [1.165, 1.54) is 12.3 Å². The Kier molecular flexibility index (Phi) is 5.12. The van der Waals surface area contributed by atoms with E-state index in [4.69, 9.17) is 0 Å². The lowest BCUT2D eigenvalue weighted by Crippen LogP contribution is -2.43. The molecule has 2 aromatic rings. The topological polar surface area (TPSA) is 74.1 Å². The number of hydrogen-bond donors (Lipinski definition) is 1. The van der Waals surface area contributed by atoms with Gasteiger partial charge < -0.3 is 5.32 Å². The van der Waals surface area contributed by atoms with Crippen molar-refractivity contribution in [3.05, 3.63) is 59.8 Å². The molecule has 0 saturated heterocycles. The number of hydrogen-bond acceptors (Lipinski definition) is 4. The highest BCUT2D eigenvalue weighted by molar-refractivity contribution is 6.10. The lowest BCUT2D eigenvalue weighted by Gasteiger charge is -2.33. The summed E-state index contributed by atoms with van der Waals surface area (Å²) in [7, 11) is 0. The van der Waals surface area contributed by atoms with Gasteiger partial charge in [-0.2, -0.15) is 23.4 Å². The number of nitrogens with one attached hydrogen (secondary N) is 1. The summed E-state index contributed by atoms with van der Waals surface area (Å²) in [6.07, 6.45) is -3.36. The summed E-state index contributed by atoms with van der Waals surface area (Å²) >= 11 is 0. The largest absolute Gasteiger partial charge is 0.406 e. The van der Waals surface area contributed by atoms with E-state index in [1.54, 1.807) is 50.2 Å². The monoisotopic (exact) mass is 428 g/mol. The second-order valence-corrected chi connectivity index (χ2v) is 7.69. The molecule has 160 valence electrons. The van der Waals surface area contributed by atoms with E-state index in [1.807, 2.05) is 0 Å². The van der Waals surface area contributed by atoms with Crippen LogP contribution < -0.4 is 10.2 Å². The van der Waals surface area contributed by atoms with Crippen LogP contribution in [0.1, 0.15) is 25.5 Å². The van der Waals surface area contributed by atoms with Gasteiger partial charge in [-0.15, -0.1) is 0 Å². The number of halogens is 3. The predicted molar refractivity (Wildman–Crippen MR) is 109 cm³/mol. The summed E-state index contributed by atoms with van der Waals surface area (Å²) < 4.78 is 39.8.